The van der Waals surface area contributed by atoms with E-state index in [2.05, 4.69) is 5.32 Å². The zero-order chi connectivity index (χ0) is 21.7. The average molecular weight is 411 g/mol. The third-order valence-electron chi connectivity index (χ3n) is 4.68. The normalized spacial score (nSPS) is 16.0. The number of benzene rings is 2. The van der Waals surface area contributed by atoms with Crippen LogP contribution in [0.3, 0.4) is 0 Å². The fourth-order valence-electron chi connectivity index (χ4n) is 3.17. The summed E-state index contributed by atoms with van der Waals surface area (Å²) >= 11 is 0. The monoisotopic (exact) mass is 411 g/mol. The van der Waals surface area contributed by atoms with E-state index in [-0.39, 0.29) is 30.0 Å². The first-order valence-corrected chi connectivity index (χ1v) is 9.16. The number of ether oxygens (including phenoxy) is 2. The number of nitro benzene ring substituents is 1. The third-order valence-corrected chi connectivity index (χ3v) is 4.68. The highest BCUT2D eigenvalue weighted by Crippen LogP contribution is 2.33. The molecule has 3 rings (SSSR count). The first-order chi connectivity index (χ1) is 14.4. The molecule has 1 aliphatic rings. The predicted molar refractivity (Wildman–Crippen MR) is 111 cm³/mol. The van der Waals surface area contributed by atoms with Crippen LogP contribution in [0.15, 0.2) is 48.5 Å². The van der Waals surface area contributed by atoms with E-state index in [1.807, 2.05) is 0 Å². The minimum absolute atomic E-state index is 0.0173. The Hall–Kier alpha value is -3.88. The second-order valence-corrected chi connectivity index (χ2v) is 6.64. The lowest BCUT2D eigenvalue weighted by molar-refractivity contribution is -0.384. The highest BCUT2D eigenvalue weighted by Gasteiger charge is 2.31. The van der Waals surface area contributed by atoms with Gasteiger partial charge in [-0.15, -0.1) is 0 Å². The van der Waals surface area contributed by atoms with Gasteiger partial charge in [0.1, 0.15) is 0 Å². The van der Waals surface area contributed by atoms with E-state index in [9.17, 15) is 19.7 Å². The van der Waals surface area contributed by atoms with Crippen LogP contribution in [0.4, 0.5) is 11.4 Å². The highest BCUT2D eigenvalue weighted by atomic mass is 16.6. The highest BCUT2D eigenvalue weighted by molar-refractivity contribution is 5.98. The van der Waals surface area contributed by atoms with Crippen molar-refractivity contribution in [3.8, 4) is 11.5 Å². The Morgan fingerprint density at radius 2 is 1.87 bits per heavy atom. The van der Waals surface area contributed by atoms with Gasteiger partial charge in [-0.3, -0.25) is 19.7 Å². The van der Waals surface area contributed by atoms with Crippen molar-refractivity contribution in [3.05, 3.63) is 64.2 Å². The lowest BCUT2D eigenvalue weighted by Crippen LogP contribution is -2.36. The van der Waals surface area contributed by atoms with Gasteiger partial charge in [0.2, 0.25) is 11.8 Å². The summed E-state index contributed by atoms with van der Waals surface area (Å²) in [4.78, 5) is 36.4. The van der Waals surface area contributed by atoms with Gasteiger partial charge in [0.25, 0.3) is 5.69 Å². The van der Waals surface area contributed by atoms with Gasteiger partial charge in [0.15, 0.2) is 11.5 Å². The van der Waals surface area contributed by atoms with Crippen LogP contribution in [0.25, 0.3) is 6.08 Å². The largest absolute Gasteiger partial charge is 0.493 e. The standard InChI is InChI=1S/C21H21N3O6/c1-29-18-9-8-17(12-19(18)30-2)23-13-15(11-21(23)26)22-20(25)10-5-14-3-6-16(7-4-14)24(27)28/h3-10,12,15H,11,13H2,1-2H3,(H,22,25)/b10-5+. The Morgan fingerprint density at radius 1 is 1.17 bits per heavy atom. The maximum absolute atomic E-state index is 12.4. The van der Waals surface area contributed by atoms with Gasteiger partial charge in [-0.1, -0.05) is 0 Å². The first-order valence-electron chi connectivity index (χ1n) is 9.16. The molecule has 0 aromatic heterocycles. The number of carbonyl (C=O) groups is 2. The summed E-state index contributed by atoms with van der Waals surface area (Å²) in [6.07, 6.45) is 3.08. The molecule has 2 amide bonds. The molecule has 0 spiro atoms. The lowest BCUT2D eigenvalue weighted by atomic mass is 10.2. The van der Waals surface area contributed by atoms with E-state index in [0.29, 0.717) is 29.3 Å². The molecule has 1 N–H and O–H groups in total. The molecular weight excluding hydrogens is 390 g/mol. The minimum Gasteiger partial charge on any atom is -0.493 e. The van der Waals surface area contributed by atoms with Crippen LogP contribution < -0.4 is 19.7 Å². The van der Waals surface area contributed by atoms with E-state index in [1.54, 1.807) is 41.3 Å². The molecule has 0 bridgehead atoms. The number of carbonyl (C=O) groups excluding carboxylic acids is 2. The number of anilines is 1. The Kier molecular flexibility index (Phi) is 6.31. The number of non-ortho nitro benzene ring substituents is 1. The van der Waals surface area contributed by atoms with Crippen LogP contribution in [-0.4, -0.2) is 43.5 Å². The SMILES string of the molecule is COc1ccc(N2CC(NC(=O)/C=C/c3ccc([N+](=O)[O-])cc3)CC2=O)cc1OC. The van der Waals surface area contributed by atoms with Gasteiger partial charge in [-0.05, 0) is 35.9 Å². The maximum atomic E-state index is 12.4. The molecule has 2 aromatic rings. The van der Waals surface area contributed by atoms with E-state index in [0.717, 1.165) is 0 Å². The molecule has 2 aromatic carbocycles. The quantitative estimate of drug-likeness (QED) is 0.426. The number of hydrogen-bond acceptors (Lipinski definition) is 6. The molecule has 1 unspecified atom stereocenters. The third kappa shape index (κ3) is 4.75. The Bertz CT molecular complexity index is 987. The van der Waals surface area contributed by atoms with Gasteiger partial charge in [0, 0.05) is 42.9 Å². The van der Waals surface area contributed by atoms with Crippen LogP contribution in [0.2, 0.25) is 0 Å². The molecule has 9 nitrogen and oxygen atoms in total. The second kappa shape index (κ2) is 9.08. The van der Waals surface area contributed by atoms with Crippen LogP contribution in [0.1, 0.15) is 12.0 Å². The van der Waals surface area contributed by atoms with Crippen molar-refractivity contribution >= 4 is 29.3 Å². The van der Waals surface area contributed by atoms with E-state index >= 15 is 0 Å². The van der Waals surface area contributed by atoms with Gasteiger partial charge in [0.05, 0.1) is 25.2 Å². The van der Waals surface area contributed by atoms with E-state index in [4.69, 9.17) is 9.47 Å². The summed E-state index contributed by atoms with van der Waals surface area (Å²) in [7, 11) is 3.06. The summed E-state index contributed by atoms with van der Waals surface area (Å²) in [5.74, 6) is 0.627. The summed E-state index contributed by atoms with van der Waals surface area (Å²) in [6, 6.07) is 10.7. The lowest BCUT2D eigenvalue weighted by Gasteiger charge is -2.18. The van der Waals surface area contributed by atoms with Crippen molar-refractivity contribution in [3.63, 3.8) is 0 Å². The van der Waals surface area contributed by atoms with Crippen molar-refractivity contribution in [1.82, 2.24) is 5.32 Å². The molecule has 156 valence electrons. The summed E-state index contributed by atoms with van der Waals surface area (Å²) in [5, 5.41) is 13.5. The van der Waals surface area contributed by atoms with Crippen molar-refractivity contribution < 1.29 is 24.0 Å². The van der Waals surface area contributed by atoms with E-state index in [1.165, 1.54) is 32.4 Å². The Morgan fingerprint density at radius 3 is 2.50 bits per heavy atom. The van der Waals surface area contributed by atoms with E-state index < -0.39 is 4.92 Å². The number of nitrogens with one attached hydrogen (secondary N) is 1. The molecule has 0 saturated carbocycles. The molecule has 1 aliphatic heterocycles. The summed E-state index contributed by atoms with van der Waals surface area (Å²) in [5.41, 5.74) is 1.30. The van der Waals surface area contributed by atoms with Crippen molar-refractivity contribution in [2.24, 2.45) is 0 Å². The van der Waals surface area contributed by atoms with Crippen molar-refractivity contribution in [2.75, 3.05) is 25.7 Å². The van der Waals surface area contributed by atoms with Gasteiger partial charge in [-0.2, -0.15) is 0 Å². The van der Waals surface area contributed by atoms with Crippen molar-refractivity contribution in [1.29, 1.82) is 0 Å². The molecule has 0 radical (unpaired) electrons. The zero-order valence-electron chi connectivity index (χ0n) is 16.5. The number of hydrogen-bond donors (Lipinski definition) is 1. The summed E-state index contributed by atoms with van der Waals surface area (Å²) in [6.45, 7) is 0.339. The number of nitrogens with zero attached hydrogens (tertiary/aromatic N) is 2. The minimum atomic E-state index is -0.485. The maximum Gasteiger partial charge on any atom is 0.269 e. The van der Waals surface area contributed by atoms with Gasteiger partial charge < -0.3 is 19.7 Å². The van der Waals surface area contributed by atoms with Crippen molar-refractivity contribution in [2.45, 2.75) is 12.5 Å². The molecular formula is C21H21N3O6. The fourth-order valence-corrected chi connectivity index (χ4v) is 3.17. The first kappa shape index (κ1) is 20.8. The molecule has 1 fully saturated rings. The molecule has 1 heterocycles. The Balaban J connectivity index is 1.61. The Labute approximate surface area is 173 Å². The zero-order valence-corrected chi connectivity index (χ0v) is 16.5. The number of nitro groups is 1. The van der Waals surface area contributed by atoms with Crippen LogP contribution >= 0.6 is 0 Å². The second-order valence-electron chi connectivity index (χ2n) is 6.64. The average Bonchev–Trinajstić information content (AvgIpc) is 3.11. The number of methoxy groups -OCH3 is 2. The number of amides is 2. The van der Waals surface area contributed by atoms with Crippen LogP contribution in [-0.2, 0) is 9.59 Å². The van der Waals surface area contributed by atoms with Gasteiger partial charge in [-0.25, -0.2) is 0 Å². The topological polar surface area (TPSA) is 111 Å². The molecule has 1 atom stereocenters. The predicted octanol–water partition coefficient (Wildman–Crippen LogP) is 2.55. The van der Waals surface area contributed by atoms with Crippen LogP contribution in [0.5, 0.6) is 11.5 Å². The number of rotatable bonds is 7. The molecule has 30 heavy (non-hydrogen) atoms. The molecule has 1 saturated heterocycles. The fraction of sp³-hybridized carbons (Fsp3) is 0.238. The van der Waals surface area contributed by atoms with Gasteiger partial charge >= 0.3 is 0 Å². The molecule has 0 aliphatic carbocycles. The van der Waals surface area contributed by atoms with Crippen LogP contribution in [0, 0.1) is 10.1 Å². The smallest absolute Gasteiger partial charge is 0.269 e. The summed E-state index contributed by atoms with van der Waals surface area (Å²) < 4.78 is 10.5. The molecule has 9 heteroatoms.